The fourth-order valence-corrected chi connectivity index (χ4v) is 3.42. The molecule has 0 radical (unpaired) electrons. The van der Waals surface area contributed by atoms with Gasteiger partial charge in [-0.2, -0.15) is 0 Å². The van der Waals surface area contributed by atoms with Gasteiger partial charge in [0.2, 0.25) is 0 Å². The zero-order valence-electron chi connectivity index (χ0n) is 12.9. The summed E-state index contributed by atoms with van der Waals surface area (Å²) in [5, 5.41) is 2.40. The second kappa shape index (κ2) is 6.50. The Bertz CT molecular complexity index is 1060. The summed E-state index contributed by atoms with van der Waals surface area (Å²) in [5.41, 5.74) is 2.76. The number of fused-ring (bicyclic) bond motifs is 2. The predicted octanol–water partition coefficient (Wildman–Crippen LogP) is 5.49. The van der Waals surface area contributed by atoms with Crippen LogP contribution in [0.5, 0.6) is 0 Å². The number of pyridine rings is 1. The molecule has 1 N–H and O–H groups in total. The van der Waals surface area contributed by atoms with E-state index in [1.807, 2.05) is 36.4 Å². The van der Waals surface area contributed by atoms with Crippen molar-refractivity contribution in [3.8, 4) is 0 Å². The van der Waals surface area contributed by atoms with Gasteiger partial charge in [0, 0.05) is 27.0 Å². The van der Waals surface area contributed by atoms with Crippen molar-refractivity contribution >= 4 is 55.3 Å². The van der Waals surface area contributed by atoms with Crippen LogP contribution in [-0.2, 0) is 11.3 Å². The number of hydrogen-bond acceptors (Lipinski definition) is 3. The third-order valence-electron chi connectivity index (χ3n) is 3.98. The average molecular weight is 416 g/mol. The molecule has 0 amide bonds. The number of rotatable bonds is 3. The van der Waals surface area contributed by atoms with Gasteiger partial charge in [0.25, 0.3) is 0 Å². The van der Waals surface area contributed by atoms with Crippen molar-refractivity contribution in [2.75, 3.05) is 0 Å². The summed E-state index contributed by atoms with van der Waals surface area (Å²) < 4.78 is 6.32. The number of esters is 1. The van der Waals surface area contributed by atoms with Crippen LogP contribution in [0.1, 0.15) is 16.1 Å². The smallest absolute Gasteiger partial charge is 0.355 e. The van der Waals surface area contributed by atoms with Crippen LogP contribution in [0.4, 0.5) is 0 Å². The Kier molecular flexibility index (Phi) is 4.19. The summed E-state index contributed by atoms with van der Waals surface area (Å²) in [6, 6.07) is 15.0. The molecule has 0 fully saturated rings. The highest BCUT2D eigenvalue weighted by molar-refractivity contribution is 9.10. The third kappa shape index (κ3) is 3.01. The zero-order chi connectivity index (χ0) is 17.4. The first-order chi connectivity index (χ1) is 12.1. The fraction of sp³-hybridized carbons (Fsp3) is 0.0526. The van der Waals surface area contributed by atoms with Gasteiger partial charge < -0.3 is 9.72 Å². The molecule has 25 heavy (non-hydrogen) atoms. The first kappa shape index (κ1) is 16.1. The SMILES string of the molecule is O=C(OCc1cccc2cccnc12)c1cc2c(Br)ccc(Cl)c2[nH]1. The largest absolute Gasteiger partial charge is 0.456 e. The molecule has 2 aromatic heterocycles. The van der Waals surface area contributed by atoms with E-state index in [0.717, 1.165) is 26.3 Å². The Balaban J connectivity index is 1.60. The highest BCUT2D eigenvalue weighted by atomic mass is 79.9. The van der Waals surface area contributed by atoms with Crippen LogP contribution in [-0.4, -0.2) is 15.9 Å². The van der Waals surface area contributed by atoms with Crippen LogP contribution in [0.3, 0.4) is 0 Å². The number of nitrogens with zero attached hydrogens (tertiary/aromatic N) is 1. The summed E-state index contributed by atoms with van der Waals surface area (Å²) in [6.45, 7) is 0.150. The van der Waals surface area contributed by atoms with Crippen molar-refractivity contribution in [2.45, 2.75) is 6.61 Å². The third-order valence-corrected chi connectivity index (χ3v) is 4.99. The van der Waals surface area contributed by atoms with Crippen molar-refractivity contribution < 1.29 is 9.53 Å². The Hall–Kier alpha value is -2.37. The van der Waals surface area contributed by atoms with E-state index in [-0.39, 0.29) is 6.61 Å². The van der Waals surface area contributed by atoms with Crippen LogP contribution >= 0.6 is 27.5 Å². The minimum absolute atomic E-state index is 0.150. The van der Waals surface area contributed by atoms with E-state index in [1.165, 1.54) is 0 Å². The maximum Gasteiger partial charge on any atom is 0.355 e. The number of hydrogen-bond donors (Lipinski definition) is 1. The number of aromatic nitrogens is 2. The summed E-state index contributed by atoms with van der Waals surface area (Å²) in [6.07, 6.45) is 1.73. The molecule has 0 spiro atoms. The number of benzene rings is 2. The molecule has 4 rings (SSSR count). The van der Waals surface area contributed by atoms with Crippen molar-refractivity contribution in [1.82, 2.24) is 9.97 Å². The lowest BCUT2D eigenvalue weighted by molar-refractivity contribution is 0.0468. The van der Waals surface area contributed by atoms with Gasteiger partial charge >= 0.3 is 5.97 Å². The number of carbonyl (C=O) groups excluding carboxylic acids is 1. The number of para-hydroxylation sites is 1. The molecular weight excluding hydrogens is 404 g/mol. The number of halogens is 2. The summed E-state index contributed by atoms with van der Waals surface area (Å²) in [4.78, 5) is 19.8. The minimum Gasteiger partial charge on any atom is -0.456 e. The van der Waals surface area contributed by atoms with Crippen LogP contribution in [0.2, 0.25) is 5.02 Å². The lowest BCUT2D eigenvalue weighted by Crippen LogP contribution is -2.06. The minimum atomic E-state index is -0.438. The quantitative estimate of drug-likeness (QED) is 0.450. The van der Waals surface area contributed by atoms with E-state index in [1.54, 1.807) is 18.3 Å². The van der Waals surface area contributed by atoms with E-state index in [0.29, 0.717) is 16.2 Å². The Morgan fingerprint density at radius 1 is 1.20 bits per heavy atom. The number of H-pyrrole nitrogens is 1. The molecule has 0 bridgehead atoms. The van der Waals surface area contributed by atoms with E-state index in [2.05, 4.69) is 25.9 Å². The molecule has 0 aliphatic carbocycles. The predicted molar refractivity (Wildman–Crippen MR) is 102 cm³/mol. The number of nitrogens with one attached hydrogen (secondary N) is 1. The highest BCUT2D eigenvalue weighted by Crippen LogP contribution is 2.30. The average Bonchev–Trinajstić information content (AvgIpc) is 3.10. The maximum absolute atomic E-state index is 12.4. The maximum atomic E-state index is 12.4. The molecule has 124 valence electrons. The van der Waals surface area contributed by atoms with Gasteiger partial charge in [0.05, 0.1) is 16.1 Å². The molecule has 4 nitrogen and oxygen atoms in total. The number of aromatic amines is 1. The van der Waals surface area contributed by atoms with Gasteiger partial charge in [0.15, 0.2) is 0 Å². The summed E-state index contributed by atoms with van der Waals surface area (Å²) in [7, 11) is 0. The standard InChI is InChI=1S/C19H12BrClN2O2/c20-14-6-7-15(21)18-13(14)9-16(23-18)19(24)25-10-12-4-1-3-11-5-2-8-22-17(11)12/h1-9,23H,10H2. The molecule has 0 saturated heterocycles. The van der Waals surface area contributed by atoms with Gasteiger partial charge in [0.1, 0.15) is 12.3 Å². The van der Waals surface area contributed by atoms with Gasteiger partial charge in [-0.25, -0.2) is 4.79 Å². The van der Waals surface area contributed by atoms with Gasteiger partial charge in [-0.1, -0.05) is 51.8 Å². The van der Waals surface area contributed by atoms with E-state index in [9.17, 15) is 4.79 Å². The Morgan fingerprint density at radius 2 is 2.04 bits per heavy atom. The molecular formula is C19H12BrClN2O2. The van der Waals surface area contributed by atoms with Crippen LogP contribution in [0.25, 0.3) is 21.8 Å². The molecule has 0 atom stereocenters. The first-order valence-electron chi connectivity index (χ1n) is 7.60. The normalized spacial score (nSPS) is 11.1. The van der Waals surface area contributed by atoms with Crippen molar-refractivity contribution in [3.63, 3.8) is 0 Å². The number of carbonyl (C=O) groups is 1. The van der Waals surface area contributed by atoms with E-state index in [4.69, 9.17) is 16.3 Å². The Labute approximate surface area is 156 Å². The lowest BCUT2D eigenvalue weighted by Gasteiger charge is -2.06. The van der Waals surface area contributed by atoms with Crippen LogP contribution < -0.4 is 0 Å². The molecule has 0 aliphatic rings. The van der Waals surface area contributed by atoms with Crippen molar-refractivity contribution in [1.29, 1.82) is 0 Å². The summed E-state index contributed by atoms with van der Waals surface area (Å²) >= 11 is 9.63. The molecule has 0 saturated carbocycles. The van der Waals surface area contributed by atoms with Gasteiger partial charge in [-0.3, -0.25) is 4.98 Å². The second-order valence-corrected chi connectivity index (χ2v) is 6.83. The Morgan fingerprint density at radius 3 is 2.88 bits per heavy atom. The van der Waals surface area contributed by atoms with Crippen LogP contribution in [0.15, 0.2) is 59.2 Å². The number of ether oxygens (including phenoxy) is 1. The monoisotopic (exact) mass is 414 g/mol. The molecule has 0 unspecified atom stereocenters. The zero-order valence-corrected chi connectivity index (χ0v) is 15.3. The first-order valence-corrected chi connectivity index (χ1v) is 8.77. The van der Waals surface area contributed by atoms with Crippen molar-refractivity contribution in [3.05, 3.63) is 75.5 Å². The van der Waals surface area contributed by atoms with E-state index < -0.39 is 5.97 Å². The fourth-order valence-electron chi connectivity index (χ4n) is 2.77. The molecule has 2 heterocycles. The highest BCUT2D eigenvalue weighted by Gasteiger charge is 2.15. The lowest BCUT2D eigenvalue weighted by atomic mass is 10.1. The molecule has 6 heteroatoms. The summed E-state index contributed by atoms with van der Waals surface area (Å²) in [5.74, 6) is -0.438. The molecule has 0 aliphatic heterocycles. The van der Waals surface area contributed by atoms with Crippen LogP contribution in [0, 0.1) is 0 Å². The van der Waals surface area contributed by atoms with Gasteiger partial charge in [-0.15, -0.1) is 0 Å². The van der Waals surface area contributed by atoms with E-state index >= 15 is 0 Å². The van der Waals surface area contributed by atoms with Gasteiger partial charge in [-0.05, 0) is 24.3 Å². The van der Waals surface area contributed by atoms with Crippen molar-refractivity contribution in [2.24, 2.45) is 0 Å². The molecule has 2 aromatic carbocycles. The molecule has 4 aromatic rings. The second-order valence-electron chi connectivity index (χ2n) is 5.57. The topological polar surface area (TPSA) is 55.0 Å².